The molecule has 0 aliphatic carbocycles. The molecule has 1 unspecified atom stereocenters. The number of anilines is 1. The molecule has 150 valence electrons. The molecule has 3 N–H and O–H groups in total. The van der Waals surface area contributed by atoms with Gasteiger partial charge in [-0.2, -0.15) is 0 Å². The lowest BCUT2D eigenvalue weighted by molar-refractivity contribution is -0.862. The first-order valence-corrected chi connectivity index (χ1v) is 9.18. The Bertz CT molecular complexity index is 653. The van der Waals surface area contributed by atoms with E-state index in [1.165, 1.54) is 7.11 Å². The Balaban J connectivity index is 2.57. The van der Waals surface area contributed by atoms with Crippen molar-refractivity contribution in [3.8, 4) is 0 Å². The second-order valence-electron chi connectivity index (χ2n) is 7.40. The fourth-order valence-corrected chi connectivity index (χ4v) is 2.88. The summed E-state index contributed by atoms with van der Waals surface area (Å²) in [6.07, 6.45) is 0.504. The quantitative estimate of drug-likeness (QED) is 0.545. The number of carbonyl (C=O) groups is 3. The summed E-state index contributed by atoms with van der Waals surface area (Å²) in [4.78, 5) is 37.1. The van der Waals surface area contributed by atoms with Crippen molar-refractivity contribution in [1.82, 2.24) is 5.32 Å². The van der Waals surface area contributed by atoms with Crippen LogP contribution in [0.4, 0.5) is 5.69 Å². The molecule has 1 aromatic rings. The number of methoxy groups -OCH3 is 1. The van der Waals surface area contributed by atoms with Gasteiger partial charge in [-0.15, -0.1) is 0 Å². The van der Waals surface area contributed by atoms with Gasteiger partial charge in [0.1, 0.15) is 6.04 Å². The molecule has 0 aliphatic rings. The van der Waals surface area contributed by atoms with Crippen molar-refractivity contribution in [1.29, 1.82) is 0 Å². The van der Waals surface area contributed by atoms with Crippen molar-refractivity contribution in [3.05, 3.63) is 29.3 Å². The number of rotatable bonds is 9. The summed E-state index contributed by atoms with van der Waals surface area (Å²) in [5, 5.41) is 5.62. The van der Waals surface area contributed by atoms with E-state index in [1.54, 1.807) is 7.05 Å². The molecular weight excluding hydrogens is 346 g/mol. The molecule has 2 amide bonds. The fourth-order valence-electron chi connectivity index (χ4n) is 2.88. The van der Waals surface area contributed by atoms with Crippen molar-refractivity contribution in [2.75, 3.05) is 32.6 Å². The highest BCUT2D eigenvalue weighted by molar-refractivity contribution is 5.93. The number of aryl methyl sites for hydroxylation is 2. The van der Waals surface area contributed by atoms with Crippen molar-refractivity contribution >= 4 is 23.5 Å². The minimum absolute atomic E-state index is 0.0891. The number of carbonyl (C=O) groups excluding carboxylic acids is 3. The number of esters is 1. The fraction of sp³-hybridized carbons (Fsp3) is 0.550. The normalized spacial score (nSPS) is 13.0. The van der Waals surface area contributed by atoms with E-state index in [9.17, 15) is 14.4 Å². The van der Waals surface area contributed by atoms with Gasteiger partial charge in [-0.3, -0.25) is 9.59 Å². The number of quaternary nitrogens is 1. The van der Waals surface area contributed by atoms with E-state index in [-0.39, 0.29) is 30.8 Å². The molecule has 0 fully saturated rings. The van der Waals surface area contributed by atoms with Gasteiger partial charge in [0.2, 0.25) is 0 Å². The van der Waals surface area contributed by atoms with E-state index in [2.05, 4.69) is 10.6 Å². The number of hydrogen-bond donors (Lipinski definition) is 3. The van der Waals surface area contributed by atoms with Gasteiger partial charge in [-0.25, -0.2) is 4.79 Å². The average molecular weight is 378 g/mol. The van der Waals surface area contributed by atoms with Gasteiger partial charge < -0.3 is 20.3 Å². The maximum Gasteiger partial charge on any atom is 0.328 e. The molecule has 7 nitrogen and oxygen atoms in total. The average Bonchev–Trinajstić information content (AvgIpc) is 2.56. The first-order valence-electron chi connectivity index (χ1n) is 9.18. The topological polar surface area (TPSA) is 88.9 Å². The maximum atomic E-state index is 12.3. The number of para-hydroxylation sites is 1. The molecule has 0 aliphatic heterocycles. The van der Waals surface area contributed by atoms with Crippen molar-refractivity contribution in [2.24, 2.45) is 5.92 Å². The molecule has 0 saturated carbocycles. The van der Waals surface area contributed by atoms with E-state index < -0.39 is 12.0 Å². The molecule has 0 spiro atoms. The summed E-state index contributed by atoms with van der Waals surface area (Å²) in [7, 11) is 3.07. The Morgan fingerprint density at radius 1 is 1.07 bits per heavy atom. The van der Waals surface area contributed by atoms with Crippen LogP contribution in [0.5, 0.6) is 0 Å². The van der Waals surface area contributed by atoms with Crippen molar-refractivity contribution in [2.45, 2.75) is 40.2 Å². The zero-order valence-electron chi connectivity index (χ0n) is 17.1. The highest BCUT2D eigenvalue weighted by atomic mass is 16.5. The summed E-state index contributed by atoms with van der Waals surface area (Å²) >= 11 is 0. The molecule has 0 aromatic heterocycles. The van der Waals surface area contributed by atoms with Crippen LogP contribution in [0, 0.1) is 19.8 Å². The number of amides is 2. The van der Waals surface area contributed by atoms with Crippen LogP contribution < -0.4 is 15.5 Å². The largest absolute Gasteiger partial charge is 0.467 e. The van der Waals surface area contributed by atoms with Gasteiger partial charge in [0, 0.05) is 5.69 Å². The summed E-state index contributed by atoms with van der Waals surface area (Å²) < 4.78 is 4.75. The minimum Gasteiger partial charge on any atom is -0.467 e. The molecule has 27 heavy (non-hydrogen) atoms. The third kappa shape index (κ3) is 7.78. The Morgan fingerprint density at radius 3 is 2.15 bits per heavy atom. The van der Waals surface area contributed by atoms with Crippen LogP contribution in [0.15, 0.2) is 18.2 Å². The zero-order valence-corrected chi connectivity index (χ0v) is 17.1. The number of likely N-dealkylation sites (N-methyl/N-ethyl adjacent to an activating group) is 1. The third-order valence-electron chi connectivity index (χ3n) is 4.20. The Morgan fingerprint density at radius 2 is 1.63 bits per heavy atom. The Hall–Kier alpha value is -2.41. The lowest BCUT2D eigenvalue weighted by Gasteiger charge is -2.20. The molecule has 1 rings (SSSR count). The summed E-state index contributed by atoms with van der Waals surface area (Å²) in [5.41, 5.74) is 2.80. The lowest BCUT2D eigenvalue weighted by atomic mass is 10.0. The number of benzene rings is 1. The van der Waals surface area contributed by atoms with E-state index in [0.29, 0.717) is 6.42 Å². The third-order valence-corrected chi connectivity index (χ3v) is 4.20. The molecule has 7 heteroatoms. The predicted octanol–water partition coefficient (Wildman–Crippen LogP) is 0.461. The van der Waals surface area contributed by atoms with Crippen LogP contribution in [0.1, 0.15) is 31.4 Å². The van der Waals surface area contributed by atoms with Gasteiger partial charge in [0.15, 0.2) is 13.1 Å². The Kier molecular flexibility index (Phi) is 8.94. The highest BCUT2D eigenvalue weighted by Crippen LogP contribution is 2.18. The maximum absolute atomic E-state index is 12.3. The number of nitrogens with one attached hydrogen (secondary N) is 3. The van der Waals surface area contributed by atoms with Gasteiger partial charge in [0.05, 0.1) is 14.2 Å². The standard InChI is InChI=1S/C20H31N3O4/c1-13(2)10-16(20(26)27-6)21-17(24)11-23(5)12-18(25)22-19-14(3)8-7-9-15(19)4/h7-9,13,16H,10-12H2,1-6H3,(H,21,24)(H,22,25)/p+1/t16-/m1/s1. The van der Waals surface area contributed by atoms with Crippen LogP contribution >= 0.6 is 0 Å². The number of ether oxygens (including phenoxy) is 1. The SMILES string of the molecule is COC(=O)[C@@H](CC(C)C)NC(=O)C[NH+](C)CC(=O)Nc1c(C)cccc1C. The van der Waals surface area contributed by atoms with E-state index in [4.69, 9.17) is 4.74 Å². The number of hydrogen-bond acceptors (Lipinski definition) is 4. The van der Waals surface area contributed by atoms with Crippen LogP contribution in [-0.4, -0.2) is 51.1 Å². The molecule has 0 heterocycles. The highest BCUT2D eigenvalue weighted by Gasteiger charge is 2.24. The van der Waals surface area contributed by atoms with Crippen molar-refractivity contribution in [3.63, 3.8) is 0 Å². The predicted molar refractivity (Wildman–Crippen MR) is 105 cm³/mol. The molecule has 1 aromatic carbocycles. The van der Waals surface area contributed by atoms with Gasteiger partial charge in [-0.1, -0.05) is 32.0 Å². The summed E-state index contributed by atoms with van der Waals surface area (Å²) in [5.74, 6) is -0.669. The van der Waals surface area contributed by atoms with E-state index in [1.807, 2.05) is 45.9 Å². The van der Waals surface area contributed by atoms with Crippen LogP contribution in [0.3, 0.4) is 0 Å². The van der Waals surface area contributed by atoms with Crippen molar-refractivity contribution < 1.29 is 24.0 Å². The Labute approximate surface area is 161 Å². The monoisotopic (exact) mass is 378 g/mol. The summed E-state index contributed by atoms with van der Waals surface area (Å²) in [6, 6.07) is 5.15. The van der Waals surface area contributed by atoms with E-state index in [0.717, 1.165) is 21.7 Å². The molecule has 0 radical (unpaired) electrons. The van der Waals surface area contributed by atoms with Crippen LogP contribution in [0.2, 0.25) is 0 Å². The second-order valence-corrected chi connectivity index (χ2v) is 7.40. The second kappa shape index (κ2) is 10.7. The lowest BCUT2D eigenvalue weighted by Crippen LogP contribution is -3.11. The van der Waals surface area contributed by atoms with E-state index >= 15 is 0 Å². The zero-order chi connectivity index (χ0) is 20.6. The smallest absolute Gasteiger partial charge is 0.328 e. The van der Waals surface area contributed by atoms with Crippen LogP contribution in [0.25, 0.3) is 0 Å². The van der Waals surface area contributed by atoms with Gasteiger partial charge >= 0.3 is 5.97 Å². The van der Waals surface area contributed by atoms with Gasteiger partial charge in [0.25, 0.3) is 11.8 Å². The summed E-state index contributed by atoms with van der Waals surface area (Å²) in [6.45, 7) is 8.05. The van der Waals surface area contributed by atoms with Crippen LogP contribution in [-0.2, 0) is 19.1 Å². The molecule has 0 bridgehead atoms. The first-order chi connectivity index (χ1) is 12.6. The minimum atomic E-state index is -0.668. The first kappa shape index (κ1) is 22.6. The molecule has 2 atom stereocenters. The van der Waals surface area contributed by atoms with Gasteiger partial charge in [-0.05, 0) is 37.3 Å². The molecule has 0 saturated heterocycles. The molecular formula is C20H32N3O4+.